The molecule has 13 heavy (non-hydrogen) atoms. The van der Waals surface area contributed by atoms with Gasteiger partial charge in [-0.15, -0.1) is 11.8 Å². The van der Waals surface area contributed by atoms with E-state index in [1.807, 2.05) is 20.0 Å². The molecule has 0 radical (unpaired) electrons. The topological polar surface area (TPSA) is 37.8 Å². The molecule has 0 bridgehead atoms. The first-order valence-electron chi connectivity index (χ1n) is 4.22. The van der Waals surface area contributed by atoms with Gasteiger partial charge in [-0.25, -0.2) is 0 Å². The van der Waals surface area contributed by atoms with Gasteiger partial charge in [0.2, 0.25) is 0 Å². The smallest absolute Gasteiger partial charge is 0.0544 e. The van der Waals surface area contributed by atoms with E-state index >= 15 is 0 Å². The van der Waals surface area contributed by atoms with E-state index in [-0.39, 0.29) is 6.04 Å². The van der Waals surface area contributed by atoms with E-state index in [9.17, 15) is 0 Å². The second kappa shape index (κ2) is 5.28. The third kappa shape index (κ3) is 2.85. The molecular formula is C10H13N3. The third-order valence-electron chi connectivity index (χ3n) is 1.84. The molecule has 68 valence electrons. The summed E-state index contributed by atoms with van der Waals surface area (Å²) in [6, 6.07) is 2.20. The highest BCUT2D eigenvalue weighted by molar-refractivity contribution is 5.14. The summed E-state index contributed by atoms with van der Waals surface area (Å²) in [6.45, 7) is 1.84. The van der Waals surface area contributed by atoms with Gasteiger partial charge < -0.3 is 5.32 Å². The fourth-order valence-electron chi connectivity index (χ4n) is 1.10. The van der Waals surface area contributed by atoms with Gasteiger partial charge >= 0.3 is 0 Å². The third-order valence-corrected chi connectivity index (χ3v) is 1.84. The Balaban J connectivity index is 2.70. The van der Waals surface area contributed by atoms with Crippen molar-refractivity contribution in [3.8, 4) is 11.8 Å². The molecule has 1 unspecified atom stereocenters. The summed E-state index contributed by atoms with van der Waals surface area (Å²) in [7, 11) is 1.92. The van der Waals surface area contributed by atoms with Gasteiger partial charge in [0.25, 0.3) is 0 Å². The van der Waals surface area contributed by atoms with Crippen LogP contribution in [0.2, 0.25) is 0 Å². The van der Waals surface area contributed by atoms with Crippen molar-refractivity contribution in [2.45, 2.75) is 19.4 Å². The van der Waals surface area contributed by atoms with Crippen molar-refractivity contribution in [2.75, 3.05) is 7.05 Å². The molecular weight excluding hydrogens is 162 g/mol. The van der Waals surface area contributed by atoms with Crippen LogP contribution in [0, 0.1) is 11.8 Å². The average molecular weight is 175 g/mol. The molecule has 1 aromatic heterocycles. The van der Waals surface area contributed by atoms with Crippen molar-refractivity contribution < 1.29 is 0 Å². The molecule has 0 spiro atoms. The van der Waals surface area contributed by atoms with Crippen LogP contribution in [0.4, 0.5) is 0 Å². The van der Waals surface area contributed by atoms with Crippen LogP contribution in [0.15, 0.2) is 18.5 Å². The molecule has 1 rings (SSSR count). The summed E-state index contributed by atoms with van der Waals surface area (Å²) in [5, 5.41) is 10.7. The predicted molar refractivity (Wildman–Crippen MR) is 51.9 cm³/mol. The first kappa shape index (κ1) is 9.69. The maximum atomic E-state index is 3.82. The Bertz CT molecular complexity index is 297. The number of nitrogens with zero attached hydrogens (tertiary/aromatic N) is 2. The van der Waals surface area contributed by atoms with Crippen LogP contribution in [0.25, 0.3) is 0 Å². The summed E-state index contributed by atoms with van der Waals surface area (Å²) in [6.07, 6.45) is 4.26. The van der Waals surface area contributed by atoms with Crippen molar-refractivity contribution >= 4 is 0 Å². The number of rotatable bonds is 3. The standard InChI is InChI=1S/C10H13N3/c1-3-4-5-10(11-2)9-6-7-12-13-8-9/h6-8,10-11H,5H2,1-2H3. The molecule has 0 aliphatic carbocycles. The van der Waals surface area contributed by atoms with Crippen molar-refractivity contribution in [3.05, 3.63) is 24.0 Å². The van der Waals surface area contributed by atoms with Crippen LogP contribution in [-0.2, 0) is 0 Å². The van der Waals surface area contributed by atoms with Gasteiger partial charge in [0.05, 0.1) is 6.20 Å². The van der Waals surface area contributed by atoms with E-state index < -0.39 is 0 Å². The molecule has 0 aliphatic rings. The lowest BCUT2D eigenvalue weighted by molar-refractivity contribution is 0.606. The van der Waals surface area contributed by atoms with Crippen LogP contribution in [-0.4, -0.2) is 17.2 Å². The molecule has 0 aromatic carbocycles. The highest BCUT2D eigenvalue weighted by Crippen LogP contribution is 2.12. The van der Waals surface area contributed by atoms with Gasteiger partial charge in [0.1, 0.15) is 0 Å². The number of aromatic nitrogens is 2. The molecule has 1 N–H and O–H groups in total. The SMILES string of the molecule is CC#CCC(NC)c1ccnnc1. The Morgan fingerprint density at radius 1 is 1.54 bits per heavy atom. The number of nitrogens with one attached hydrogen (secondary N) is 1. The minimum absolute atomic E-state index is 0.253. The summed E-state index contributed by atoms with van der Waals surface area (Å²) in [5.41, 5.74) is 1.13. The molecule has 0 saturated heterocycles. The summed E-state index contributed by atoms with van der Waals surface area (Å²) < 4.78 is 0. The summed E-state index contributed by atoms with van der Waals surface area (Å²) in [5.74, 6) is 5.91. The Morgan fingerprint density at radius 3 is 2.92 bits per heavy atom. The van der Waals surface area contributed by atoms with E-state index in [0.29, 0.717) is 0 Å². The fourth-order valence-corrected chi connectivity index (χ4v) is 1.10. The van der Waals surface area contributed by atoms with Crippen LogP contribution in [0.3, 0.4) is 0 Å². The van der Waals surface area contributed by atoms with Gasteiger partial charge in [0, 0.05) is 18.7 Å². The molecule has 3 heteroatoms. The average Bonchev–Trinajstić information content (AvgIpc) is 2.21. The normalized spacial score (nSPS) is 11.5. The zero-order valence-electron chi connectivity index (χ0n) is 7.91. The van der Waals surface area contributed by atoms with Gasteiger partial charge in [-0.3, -0.25) is 0 Å². The predicted octanol–water partition coefficient (Wildman–Crippen LogP) is 1.15. The minimum Gasteiger partial charge on any atom is -0.312 e. The molecule has 0 saturated carbocycles. The van der Waals surface area contributed by atoms with Crippen molar-refractivity contribution in [3.63, 3.8) is 0 Å². The monoisotopic (exact) mass is 175 g/mol. The van der Waals surface area contributed by atoms with E-state index in [4.69, 9.17) is 0 Å². The zero-order valence-corrected chi connectivity index (χ0v) is 7.91. The molecule has 1 heterocycles. The second-order valence-electron chi connectivity index (χ2n) is 2.65. The Hall–Kier alpha value is -1.40. The molecule has 0 amide bonds. The fraction of sp³-hybridized carbons (Fsp3) is 0.400. The molecule has 1 atom stereocenters. The van der Waals surface area contributed by atoms with E-state index in [2.05, 4.69) is 27.4 Å². The summed E-state index contributed by atoms with van der Waals surface area (Å²) in [4.78, 5) is 0. The zero-order chi connectivity index (χ0) is 9.52. The van der Waals surface area contributed by atoms with E-state index in [0.717, 1.165) is 12.0 Å². The van der Waals surface area contributed by atoms with Crippen molar-refractivity contribution in [1.82, 2.24) is 15.5 Å². The van der Waals surface area contributed by atoms with Gasteiger partial charge in [-0.2, -0.15) is 10.2 Å². The first-order valence-corrected chi connectivity index (χ1v) is 4.22. The van der Waals surface area contributed by atoms with E-state index in [1.165, 1.54) is 0 Å². The van der Waals surface area contributed by atoms with Crippen molar-refractivity contribution in [1.29, 1.82) is 0 Å². The van der Waals surface area contributed by atoms with Crippen LogP contribution in [0.1, 0.15) is 24.9 Å². The molecule has 0 fully saturated rings. The van der Waals surface area contributed by atoms with Gasteiger partial charge in [-0.05, 0) is 25.6 Å². The Kier molecular flexibility index (Phi) is 3.94. The minimum atomic E-state index is 0.253. The van der Waals surface area contributed by atoms with Crippen LogP contribution >= 0.6 is 0 Å². The maximum Gasteiger partial charge on any atom is 0.0544 e. The summed E-state index contributed by atoms with van der Waals surface area (Å²) >= 11 is 0. The van der Waals surface area contributed by atoms with Crippen molar-refractivity contribution in [2.24, 2.45) is 0 Å². The van der Waals surface area contributed by atoms with Crippen LogP contribution in [0.5, 0.6) is 0 Å². The van der Waals surface area contributed by atoms with Gasteiger partial charge in [0.15, 0.2) is 0 Å². The quantitative estimate of drug-likeness (QED) is 0.700. The van der Waals surface area contributed by atoms with Crippen LogP contribution < -0.4 is 5.32 Å². The second-order valence-corrected chi connectivity index (χ2v) is 2.65. The molecule has 0 aliphatic heterocycles. The van der Waals surface area contributed by atoms with E-state index in [1.54, 1.807) is 12.4 Å². The lowest BCUT2D eigenvalue weighted by atomic mass is 10.1. The Labute approximate surface area is 78.6 Å². The molecule has 1 aromatic rings. The molecule has 3 nitrogen and oxygen atoms in total. The highest BCUT2D eigenvalue weighted by atomic mass is 15.1. The first-order chi connectivity index (χ1) is 6.38. The Morgan fingerprint density at radius 2 is 2.38 bits per heavy atom. The number of hydrogen-bond acceptors (Lipinski definition) is 3. The largest absolute Gasteiger partial charge is 0.312 e. The lowest BCUT2D eigenvalue weighted by Crippen LogP contribution is -2.15. The lowest BCUT2D eigenvalue weighted by Gasteiger charge is -2.11. The highest BCUT2D eigenvalue weighted by Gasteiger charge is 2.06. The van der Waals surface area contributed by atoms with Gasteiger partial charge in [-0.1, -0.05) is 0 Å². The number of hydrogen-bond donors (Lipinski definition) is 1. The maximum absolute atomic E-state index is 3.82.